The lowest BCUT2D eigenvalue weighted by Crippen LogP contribution is -2.34. The Morgan fingerprint density at radius 1 is 0.974 bits per heavy atom. The lowest BCUT2D eigenvalue weighted by molar-refractivity contribution is 0.0925. The number of aromatic nitrogens is 4. The quantitative estimate of drug-likeness (QED) is 0.427. The number of benzene rings is 1. The second kappa shape index (κ2) is 12.7. The van der Waals surface area contributed by atoms with Gasteiger partial charge in [-0.1, -0.05) is 50.1 Å². The largest absolute Gasteiger partial charge is 0.349 e. The van der Waals surface area contributed by atoms with Gasteiger partial charge < -0.3 is 10.6 Å². The monoisotopic (exact) mass is 572 g/mol. The van der Waals surface area contributed by atoms with Gasteiger partial charge in [-0.3, -0.25) is 9.59 Å². The lowest BCUT2D eigenvalue weighted by Gasteiger charge is -2.18. The summed E-state index contributed by atoms with van der Waals surface area (Å²) >= 11 is 6.04. The molecule has 1 atom stereocenters. The van der Waals surface area contributed by atoms with E-state index in [4.69, 9.17) is 11.6 Å². The highest BCUT2D eigenvalue weighted by molar-refractivity contribution is 7.90. The van der Waals surface area contributed by atoms with Crippen molar-refractivity contribution in [3.05, 3.63) is 64.8 Å². The van der Waals surface area contributed by atoms with Crippen molar-refractivity contribution in [2.24, 2.45) is 0 Å². The third-order valence-corrected chi connectivity index (χ3v) is 8.10. The van der Waals surface area contributed by atoms with Gasteiger partial charge in [0.15, 0.2) is 21.5 Å². The minimum absolute atomic E-state index is 0.0469. The number of carbonyl (C=O) groups excluding carboxylic acids is 2. The predicted octanol–water partition coefficient (Wildman–Crippen LogP) is 4.44. The van der Waals surface area contributed by atoms with Crippen LogP contribution in [-0.2, 0) is 9.84 Å². The van der Waals surface area contributed by atoms with Gasteiger partial charge in [-0.25, -0.2) is 18.4 Å². The number of hydrogen-bond donors (Lipinski definition) is 2. The van der Waals surface area contributed by atoms with Gasteiger partial charge in [0.2, 0.25) is 0 Å². The Morgan fingerprint density at radius 3 is 2.31 bits per heavy atom. The molecule has 1 aromatic carbocycles. The van der Waals surface area contributed by atoms with E-state index in [9.17, 15) is 18.0 Å². The lowest BCUT2D eigenvalue weighted by atomic mass is 10.0. The van der Waals surface area contributed by atoms with Crippen molar-refractivity contribution in [3.63, 3.8) is 0 Å². The number of nitrogens with one attached hydrogen (secondary N) is 2. The SMILES string of the molecule is C[C@H](NC(=O)c1cc(Cl)cc(S(C)(=O)=O)c1)c1ncnn1-c1ccc(C(=O)NC2CCCCCCCC2)cn1. The molecule has 4 rings (SSSR count). The summed E-state index contributed by atoms with van der Waals surface area (Å²) in [7, 11) is -3.55. The first kappa shape index (κ1) is 28.7. The summed E-state index contributed by atoms with van der Waals surface area (Å²) in [6.07, 6.45) is 13.1. The Balaban J connectivity index is 1.44. The van der Waals surface area contributed by atoms with E-state index in [-0.39, 0.29) is 27.4 Å². The molecule has 12 heteroatoms. The zero-order valence-electron chi connectivity index (χ0n) is 22.1. The van der Waals surface area contributed by atoms with Gasteiger partial charge in [0, 0.05) is 29.1 Å². The summed E-state index contributed by atoms with van der Waals surface area (Å²) < 4.78 is 25.3. The summed E-state index contributed by atoms with van der Waals surface area (Å²) in [5, 5.41) is 10.3. The molecule has 1 aliphatic rings. The molecule has 1 saturated carbocycles. The minimum atomic E-state index is -3.55. The molecule has 0 unspecified atom stereocenters. The topological polar surface area (TPSA) is 136 Å². The smallest absolute Gasteiger partial charge is 0.253 e. The van der Waals surface area contributed by atoms with Crippen molar-refractivity contribution in [2.45, 2.75) is 75.3 Å². The Morgan fingerprint density at radius 2 is 1.67 bits per heavy atom. The number of carbonyl (C=O) groups is 2. The van der Waals surface area contributed by atoms with Crippen molar-refractivity contribution < 1.29 is 18.0 Å². The molecule has 39 heavy (non-hydrogen) atoms. The van der Waals surface area contributed by atoms with Gasteiger partial charge in [-0.2, -0.15) is 9.78 Å². The van der Waals surface area contributed by atoms with Crippen molar-refractivity contribution in [1.82, 2.24) is 30.4 Å². The second-order valence-corrected chi connectivity index (χ2v) is 12.4. The van der Waals surface area contributed by atoms with Crippen LogP contribution in [0.15, 0.2) is 47.8 Å². The van der Waals surface area contributed by atoms with Crippen molar-refractivity contribution in [3.8, 4) is 5.82 Å². The fourth-order valence-electron chi connectivity index (χ4n) is 4.67. The maximum Gasteiger partial charge on any atom is 0.253 e. The number of sulfone groups is 1. The molecule has 0 saturated heterocycles. The highest BCUT2D eigenvalue weighted by Gasteiger charge is 2.21. The van der Waals surface area contributed by atoms with Gasteiger partial charge in [0.25, 0.3) is 11.8 Å². The number of pyridine rings is 1. The van der Waals surface area contributed by atoms with Crippen LogP contribution in [0, 0.1) is 0 Å². The molecule has 0 bridgehead atoms. The summed E-state index contributed by atoms with van der Waals surface area (Å²) in [5.74, 6) is 0.177. The molecule has 2 aromatic heterocycles. The Bertz CT molecular complexity index is 1410. The van der Waals surface area contributed by atoms with Crippen LogP contribution in [0.25, 0.3) is 5.82 Å². The number of rotatable bonds is 7. The average molecular weight is 573 g/mol. The van der Waals surface area contributed by atoms with Crippen LogP contribution in [0.1, 0.15) is 90.9 Å². The minimum Gasteiger partial charge on any atom is -0.349 e. The van der Waals surface area contributed by atoms with Crippen molar-refractivity contribution >= 4 is 33.3 Å². The number of nitrogens with zero attached hydrogens (tertiary/aromatic N) is 4. The first-order chi connectivity index (χ1) is 18.6. The van der Waals surface area contributed by atoms with E-state index >= 15 is 0 Å². The van der Waals surface area contributed by atoms with Crippen LogP contribution in [0.4, 0.5) is 0 Å². The molecular formula is C27H33ClN6O4S. The zero-order chi connectivity index (χ0) is 28.0. The van der Waals surface area contributed by atoms with E-state index in [1.54, 1.807) is 19.1 Å². The molecule has 2 N–H and O–H groups in total. The maximum absolute atomic E-state index is 12.9. The third kappa shape index (κ3) is 7.63. The molecule has 2 amide bonds. The van der Waals surface area contributed by atoms with Crippen LogP contribution in [-0.4, -0.2) is 52.3 Å². The Kier molecular flexibility index (Phi) is 9.34. The van der Waals surface area contributed by atoms with Gasteiger partial charge in [-0.05, 0) is 50.1 Å². The first-order valence-corrected chi connectivity index (χ1v) is 15.4. The molecule has 1 aliphatic carbocycles. The Labute approximate surface area is 233 Å². The molecule has 0 aliphatic heterocycles. The van der Waals surface area contributed by atoms with Crippen LogP contribution in [0.2, 0.25) is 5.02 Å². The van der Waals surface area contributed by atoms with E-state index in [2.05, 4.69) is 25.7 Å². The van der Waals surface area contributed by atoms with E-state index in [1.807, 2.05) is 0 Å². The fourth-order valence-corrected chi connectivity index (χ4v) is 5.65. The van der Waals surface area contributed by atoms with E-state index in [1.165, 1.54) is 61.1 Å². The predicted molar refractivity (Wildman–Crippen MR) is 148 cm³/mol. The molecule has 10 nitrogen and oxygen atoms in total. The average Bonchev–Trinajstić information content (AvgIpc) is 3.42. The molecule has 2 heterocycles. The van der Waals surface area contributed by atoms with Gasteiger partial charge >= 0.3 is 0 Å². The molecule has 1 fully saturated rings. The van der Waals surface area contributed by atoms with Crippen LogP contribution in [0.3, 0.4) is 0 Å². The standard InChI is InChI=1S/C27H33ClN6O4S/c1-18(32-27(36)20-13-21(28)15-23(14-20)39(2,37)38)25-30-17-31-34(25)24-12-11-19(16-29-24)26(35)33-22-9-7-5-3-4-6-8-10-22/h11-18,22H,3-10H2,1-2H3,(H,32,36)(H,33,35)/t18-/m0/s1. The van der Waals surface area contributed by atoms with Gasteiger partial charge in [0.05, 0.1) is 16.5 Å². The molecular weight excluding hydrogens is 540 g/mol. The number of hydrogen-bond acceptors (Lipinski definition) is 7. The number of amides is 2. The van der Waals surface area contributed by atoms with E-state index in [0.717, 1.165) is 31.9 Å². The van der Waals surface area contributed by atoms with E-state index in [0.29, 0.717) is 17.2 Å². The molecule has 0 radical (unpaired) electrons. The van der Waals surface area contributed by atoms with Crippen molar-refractivity contribution in [2.75, 3.05) is 6.26 Å². The van der Waals surface area contributed by atoms with Gasteiger partial charge in [-0.15, -0.1) is 0 Å². The first-order valence-electron chi connectivity index (χ1n) is 13.1. The second-order valence-electron chi connectivity index (χ2n) is 9.95. The Hall–Kier alpha value is -3.31. The highest BCUT2D eigenvalue weighted by Crippen LogP contribution is 2.21. The summed E-state index contributed by atoms with van der Waals surface area (Å²) in [6, 6.07) is 6.91. The van der Waals surface area contributed by atoms with E-state index < -0.39 is 21.8 Å². The summed E-state index contributed by atoms with van der Waals surface area (Å²) in [5.41, 5.74) is 0.568. The summed E-state index contributed by atoms with van der Waals surface area (Å²) in [4.78, 5) is 34.4. The maximum atomic E-state index is 12.9. The van der Waals surface area contributed by atoms with Crippen molar-refractivity contribution in [1.29, 1.82) is 0 Å². The van der Waals surface area contributed by atoms with Gasteiger partial charge in [0.1, 0.15) is 6.33 Å². The molecule has 208 valence electrons. The molecule has 0 spiro atoms. The van der Waals surface area contributed by atoms with Crippen LogP contribution < -0.4 is 10.6 Å². The number of halogens is 1. The van der Waals surface area contributed by atoms with Crippen LogP contribution >= 0.6 is 11.6 Å². The fraction of sp³-hybridized carbons (Fsp3) is 0.444. The summed E-state index contributed by atoms with van der Waals surface area (Å²) in [6.45, 7) is 1.72. The third-order valence-electron chi connectivity index (χ3n) is 6.79. The normalized spacial score (nSPS) is 16.0. The zero-order valence-corrected chi connectivity index (χ0v) is 23.6. The van der Waals surface area contributed by atoms with Crippen LogP contribution in [0.5, 0.6) is 0 Å². The molecule has 3 aromatic rings. The highest BCUT2D eigenvalue weighted by atomic mass is 35.5.